The Kier molecular flexibility index (Phi) is 7.78. The fraction of sp³-hybridized carbons (Fsp3) is 0.455. The molecule has 0 spiro atoms. The lowest BCUT2D eigenvalue weighted by Gasteiger charge is -2.38. The first-order valence-electron chi connectivity index (χ1n) is 10.4. The molecule has 1 saturated heterocycles. The van der Waals surface area contributed by atoms with Crippen LogP contribution in [-0.4, -0.2) is 57.5 Å². The van der Waals surface area contributed by atoms with E-state index in [2.05, 4.69) is 0 Å². The average Bonchev–Trinajstić information content (AvgIpc) is 3.32. The van der Waals surface area contributed by atoms with E-state index in [9.17, 15) is 18.0 Å². The van der Waals surface area contributed by atoms with E-state index in [0.717, 1.165) is 30.6 Å². The summed E-state index contributed by atoms with van der Waals surface area (Å²) in [6.07, 6.45) is 2.99. The molecule has 32 heavy (non-hydrogen) atoms. The number of ether oxygens (including phenoxy) is 2. The number of thiophene rings is 1. The van der Waals surface area contributed by atoms with Crippen LogP contribution >= 0.6 is 11.3 Å². The van der Waals surface area contributed by atoms with Crippen molar-refractivity contribution < 1.29 is 27.5 Å². The molecule has 8 nitrogen and oxygen atoms in total. The lowest BCUT2D eigenvalue weighted by Crippen LogP contribution is -2.49. The number of carbonyl (C=O) groups excluding carboxylic acids is 2. The molecule has 1 fully saturated rings. The molecule has 1 aromatic heterocycles. The molecule has 0 N–H and O–H groups in total. The van der Waals surface area contributed by atoms with Crippen LogP contribution in [0.3, 0.4) is 0 Å². The highest BCUT2D eigenvalue weighted by molar-refractivity contribution is 7.94. The number of carbonyl (C=O) groups is 2. The first kappa shape index (κ1) is 24.1. The van der Waals surface area contributed by atoms with Crippen molar-refractivity contribution in [3.8, 4) is 5.75 Å². The van der Waals surface area contributed by atoms with E-state index in [0.29, 0.717) is 11.4 Å². The minimum atomic E-state index is -3.62. The largest absolute Gasteiger partial charge is 0.482 e. The minimum Gasteiger partial charge on any atom is -0.482 e. The molecule has 174 valence electrons. The fourth-order valence-electron chi connectivity index (χ4n) is 3.75. The summed E-state index contributed by atoms with van der Waals surface area (Å²) in [5, 5.41) is 1.71. The molecule has 0 radical (unpaired) electrons. The number of benzene rings is 1. The third-order valence-corrected chi connectivity index (χ3v) is 8.66. The number of amides is 1. The van der Waals surface area contributed by atoms with E-state index in [4.69, 9.17) is 9.47 Å². The highest BCUT2D eigenvalue weighted by Gasteiger charge is 2.29. The maximum atomic E-state index is 12.6. The number of hydrogen-bond donors (Lipinski definition) is 0. The highest BCUT2D eigenvalue weighted by atomic mass is 32.2. The van der Waals surface area contributed by atoms with Crippen LogP contribution in [0.4, 0.5) is 5.69 Å². The maximum absolute atomic E-state index is 12.6. The second kappa shape index (κ2) is 10.4. The lowest BCUT2D eigenvalue weighted by atomic mass is 9.97. The number of anilines is 1. The molecular formula is C22H28N2O6S2. The molecule has 0 bridgehead atoms. The summed E-state index contributed by atoms with van der Waals surface area (Å²) < 4.78 is 37.1. The van der Waals surface area contributed by atoms with E-state index < -0.39 is 16.0 Å². The Morgan fingerprint density at radius 3 is 2.34 bits per heavy atom. The van der Waals surface area contributed by atoms with Crippen molar-refractivity contribution in [2.24, 2.45) is 0 Å². The summed E-state index contributed by atoms with van der Waals surface area (Å²) in [5.41, 5.74) is 0.462. The second-order valence-electron chi connectivity index (χ2n) is 7.78. The molecule has 2 aromatic rings. The standard InChI is InChI=1S/C22H28N2O6S2/c1-16-6-4-7-17(2)24(16)20(25)14-30-21(26)15-29-19-11-9-18(10-12-19)23(3)32(27,28)22-8-5-13-31-22/h5,8-13,16-17H,4,6-7,14-15H2,1-3H3. The molecule has 2 atom stereocenters. The Bertz CT molecular complexity index is 1010. The quantitative estimate of drug-likeness (QED) is 0.539. The van der Waals surface area contributed by atoms with Gasteiger partial charge < -0.3 is 14.4 Å². The maximum Gasteiger partial charge on any atom is 0.344 e. The van der Waals surface area contributed by atoms with Gasteiger partial charge in [0.25, 0.3) is 15.9 Å². The number of likely N-dealkylation sites (tertiary alicyclic amines) is 1. The van der Waals surface area contributed by atoms with Gasteiger partial charge in [0.2, 0.25) is 0 Å². The molecule has 0 aliphatic carbocycles. The van der Waals surface area contributed by atoms with Crippen molar-refractivity contribution in [3.63, 3.8) is 0 Å². The Morgan fingerprint density at radius 1 is 1.09 bits per heavy atom. The van der Waals surface area contributed by atoms with E-state index in [-0.39, 0.29) is 35.4 Å². The zero-order valence-corrected chi connectivity index (χ0v) is 20.0. The topological polar surface area (TPSA) is 93.2 Å². The summed E-state index contributed by atoms with van der Waals surface area (Å²) in [5.74, 6) is -0.452. The Hall–Kier alpha value is -2.59. The zero-order valence-electron chi connectivity index (χ0n) is 18.4. The van der Waals surface area contributed by atoms with Crippen LogP contribution in [0, 0.1) is 0 Å². The third kappa shape index (κ3) is 5.60. The van der Waals surface area contributed by atoms with Gasteiger partial charge in [-0.3, -0.25) is 9.10 Å². The fourth-order valence-corrected chi connectivity index (χ4v) is 6.11. The number of rotatable bonds is 8. The van der Waals surface area contributed by atoms with Crippen LogP contribution in [0.5, 0.6) is 5.75 Å². The van der Waals surface area contributed by atoms with Crippen LogP contribution in [0.2, 0.25) is 0 Å². The number of nitrogens with zero attached hydrogens (tertiary/aromatic N) is 2. The summed E-state index contributed by atoms with van der Waals surface area (Å²) >= 11 is 1.15. The van der Waals surface area contributed by atoms with E-state index in [1.54, 1.807) is 46.7 Å². The van der Waals surface area contributed by atoms with Crippen molar-refractivity contribution in [1.82, 2.24) is 4.90 Å². The van der Waals surface area contributed by atoms with Gasteiger partial charge in [-0.05, 0) is 68.8 Å². The summed E-state index contributed by atoms with van der Waals surface area (Å²) in [4.78, 5) is 26.2. The summed E-state index contributed by atoms with van der Waals surface area (Å²) in [7, 11) is -2.14. The monoisotopic (exact) mass is 480 g/mol. The first-order chi connectivity index (χ1) is 15.2. The number of piperidine rings is 1. The van der Waals surface area contributed by atoms with Crippen LogP contribution < -0.4 is 9.04 Å². The van der Waals surface area contributed by atoms with Crippen molar-refractivity contribution in [2.45, 2.75) is 49.4 Å². The lowest BCUT2D eigenvalue weighted by molar-refractivity contribution is -0.156. The predicted molar refractivity (Wildman–Crippen MR) is 122 cm³/mol. The van der Waals surface area contributed by atoms with Crippen LogP contribution in [0.1, 0.15) is 33.1 Å². The van der Waals surface area contributed by atoms with E-state index in [1.807, 2.05) is 13.8 Å². The molecule has 2 unspecified atom stereocenters. The minimum absolute atomic E-state index is 0.140. The van der Waals surface area contributed by atoms with Gasteiger partial charge in [-0.15, -0.1) is 11.3 Å². The zero-order chi connectivity index (χ0) is 23.3. The summed E-state index contributed by atoms with van der Waals surface area (Å²) in [6.45, 7) is 3.36. The number of esters is 1. The predicted octanol–water partition coefficient (Wildman–Crippen LogP) is 3.28. The Labute approximate surface area is 192 Å². The van der Waals surface area contributed by atoms with Crippen molar-refractivity contribution >= 4 is 38.9 Å². The molecule has 2 heterocycles. The Balaban J connectivity index is 1.48. The van der Waals surface area contributed by atoms with Gasteiger partial charge in [-0.2, -0.15) is 0 Å². The highest BCUT2D eigenvalue weighted by Crippen LogP contribution is 2.26. The SMILES string of the molecule is CC1CCCC(C)N1C(=O)COC(=O)COc1ccc(N(C)S(=O)(=O)c2cccs2)cc1. The molecule has 0 saturated carbocycles. The van der Waals surface area contributed by atoms with Crippen LogP contribution in [-0.2, 0) is 24.3 Å². The smallest absolute Gasteiger partial charge is 0.344 e. The van der Waals surface area contributed by atoms with Crippen LogP contribution in [0.25, 0.3) is 0 Å². The van der Waals surface area contributed by atoms with Gasteiger partial charge >= 0.3 is 5.97 Å². The van der Waals surface area contributed by atoms with Crippen LogP contribution in [0.15, 0.2) is 46.0 Å². The Morgan fingerprint density at radius 2 is 1.75 bits per heavy atom. The van der Waals surface area contributed by atoms with Gasteiger partial charge in [0.15, 0.2) is 13.2 Å². The van der Waals surface area contributed by atoms with Gasteiger partial charge in [0.05, 0.1) is 5.69 Å². The van der Waals surface area contributed by atoms with Gasteiger partial charge in [0.1, 0.15) is 9.96 Å². The van der Waals surface area contributed by atoms with Crippen molar-refractivity contribution in [3.05, 3.63) is 41.8 Å². The van der Waals surface area contributed by atoms with E-state index >= 15 is 0 Å². The second-order valence-corrected chi connectivity index (χ2v) is 10.9. The van der Waals surface area contributed by atoms with Crippen molar-refractivity contribution in [2.75, 3.05) is 24.6 Å². The van der Waals surface area contributed by atoms with Gasteiger partial charge in [0, 0.05) is 19.1 Å². The summed E-state index contributed by atoms with van der Waals surface area (Å²) in [6, 6.07) is 9.85. The third-order valence-electron chi connectivity index (χ3n) is 5.51. The molecule has 3 rings (SSSR count). The molecule has 1 aliphatic rings. The molecule has 1 aromatic carbocycles. The normalized spacial score (nSPS) is 18.8. The van der Waals surface area contributed by atoms with E-state index in [1.165, 1.54) is 11.4 Å². The van der Waals surface area contributed by atoms with Gasteiger partial charge in [-0.25, -0.2) is 13.2 Å². The average molecular weight is 481 g/mol. The first-order valence-corrected chi connectivity index (χ1v) is 12.7. The number of hydrogen-bond acceptors (Lipinski definition) is 7. The van der Waals surface area contributed by atoms with Gasteiger partial charge in [-0.1, -0.05) is 6.07 Å². The molecule has 10 heteroatoms. The molecule has 1 aliphatic heterocycles. The van der Waals surface area contributed by atoms with Crippen molar-refractivity contribution in [1.29, 1.82) is 0 Å². The molecule has 1 amide bonds. The number of sulfonamides is 1. The molecular weight excluding hydrogens is 452 g/mol.